The molecule has 2 aromatic carbocycles. The standard InChI is InChI=1S/C21H23NO2/c1-4-17-11-15(3)12-18(5-2)20(17)21(24)19(23)14-22-13-16-9-7-6-8-10-16/h6-13H,4-5,14H2,1-3H3. The summed E-state index contributed by atoms with van der Waals surface area (Å²) < 4.78 is 0. The first kappa shape index (κ1) is 17.8. The molecule has 3 heteroatoms. The van der Waals surface area contributed by atoms with E-state index < -0.39 is 11.6 Å². The van der Waals surface area contributed by atoms with Gasteiger partial charge < -0.3 is 0 Å². The first-order valence-corrected chi connectivity index (χ1v) is 8.31. The Hall–Kier alpha value is -2.55. The molecule has 2 rings (SSSR count). The first-order chi connectivity index (χ1) is 11.6. The number of rotatable bonds is 7. The zero-order valence-corrected chi connectivity index (χ0v) is 14.5. The van der Waals surface area contributed by atoms with Gasteiger partial charge in [0.05, 0.1) is 0 Å². The molecular formula is C21H23NO2. The van der Waals surface area contributed by atoms with Gasteiger partial charge in [-0.2, -0.15) is 0 Å². The number of carbonyl (C=O) groups is 2. The van der Waals surface area contributed by atoms with Gasteiger partial charge in [0, 0.05) is 11.8 Å². The number of benzene rings is 2. The van der Waals surface area contributed by atoms with E-state index in [4.69, 9.17) is 0 Å². The molecule has 0 aromatic heterocycles. The van der Waals surface area contributed by atoms with Gasteiger partial charge in [-0.15, -0.1) is 0 Å². The quantitative estimate of drug-likeness (QED) is 0.440. The van der Waals surface area contributed by atoms with Crippen molar-refractivity contribution in [2.45, 2.75) is 33.6 Å². The molecule has 0 N–H and O–H groups in total. The second kappa shape index (κ2) is 8.34. The zero-order chi connectivity index (χ0) is 17.5. The molecule has 0 spiro atoms. The van der Waals surface area contributed by atoms with E-state index in [1.54, 1.807) is 6.21 Å². The average molecular weight is 321 g/mol. The fourth-order valence-electron chi connectivity index (χ4n) is 2.78. The first-order valence-electron chi connectivity index (χ1n) is 8.31. The van der Waals surface area contributed by atoms with E-state index in [9.17, 15) is 9.59 Å². The minimum absolute atomic E-state index is 0.117. The Bertz CT molecular complexity index is 736. The lowest BCUT2D eigenvalue weighted by atomic mass is 9.91. The predicted molar refractivity (Wildman–Crippen MR) is 98.2 cm³/mol. The SMILES string of the molecule is CCc1cc(C)cc(CC)c1C(=O)C(=O)CN=Cc1ccccc1. The molecule has 124 valence electrons. The van der Waals surface area contributed by atoms with Gasteiger partial charge in [-0.1, -0.05) is 61.9 Å². The topological polar surface area (TPSA) is 46.5 Å². The second-order valence-corrected chi connectivity index (χ2v) is 5.80. The van der Waals surface area contributed by atoms with E-state index in [2.05, 4.69) is 4.99 Å². The fourth-order valence-corrected chi connectivity index (χ4v) is 2.78. The van der Waals surface area contributed by atoms with Gasteiger partial charge in [-0.3, -0.25) is 14.6 Å². The van der Waals surface area contributed by atoms with Crippen LogP contribution in [0, 0.1) is 6.92 Å². The van der Waals surface area contributed by atoms with Crippen LogP contribution in [0.2, 0.25) is 0 Å². The number of carbonyl (C=O) groups excluding carboxylic acids is 2. The van der Waals surface area contributed by atoms with E-state index in [0.29, 0.717) is 5.56 Å². The van der Waals surface area contributed by atoms with Gasteiger partial charge in [-0.25, -0.2) is 0 Å². The molecule has 3 nitrogen and oxygen atoms in total. The Balaban J connectivity index is 2.19. The molecule has 2 aromatic rings. The monoisotopic (exact) mass is 321 g/mol. The van der Waals surface area contributed by atoms with Crippen LogP contribution in [0.4, 0.5) is 0 Å². The number of nitrogens with zero attached hydrogens (tertiary/aromatic N) is 1. The lowest BCUT2D eigenvalue weighted by Crippen LogP contribution is -2.21. The maximum absolute atomic E-state index is 12.6. The maximum atomic E-state index is 12.6. The molecule has 24 heavy (non-hydrogen) atoms. The van der Waals surface area contributed by atoms with Crippen LogP contribution in [0.1, 0.15) is 46.5 Å². The van der Waals surface area contributed by atoms with Gasteiger partial charge in [0.25, 0.3) is 0 Å². The molecule has 0 aliphatic rings. The van der Waals surface area contributed by atoms with Gasteiger partial charge in [0.2, 0.25) is 11.6 Å². The summed E-state index contributed by atoms with van der Waals surface area (Å²) in [6.07, 6.45) is 3.09. The summed E-state index contributed by atoms with van der Waals surface area (Å²) in [6.45, 7) is 5.90. The Morgan fingerprint density at radius 3 is 2.12 bits per heavy atom. The van der Waals surface area contributed by atoms with Gasteiger partial charge in [-0.05, 0) is 36.5 Å². The maximum Gasteiger partial charge on any atom is 0.231 e. The van der Waals surface area contributed by atoms with Crippen molar-refractivity contribution >= 4 is 17.8 Å². The number of Topliss-reactive ketones (excluding diaryl/α,β-unsaturated/α-hetero) is 2. The molecule has 0 heterocycles. The van der Waals surface area contributed by atoms with Crippen molar-refractivity contribution in [2.75, 3.05) is 6.54 Å². The summed E-state index contributed by atoms with van der Waals surface area (Å²) in [4.78, 5) is 29.0. The fraction of sp³-hybridized carbons (Fsp3) is 0.286. The van der Waals surface area contributed by atoms with Crippen molar-refractivity contribution in [3.63, 3.8) is 0 Å². The Labute approximate surface area is 143 Å². The van der Waals surface area contributed by atoms with Gasteiger partial charge in [0.1, 0.15) is 6.54 Å². The number of hydrogen-bond donors (Lipinski definition) is 0. The molecule has 0 atom stereocenters. The van der Waals surface area contributed by atoms with Crippen LogP contribution >= 0.6 is 0 Å². The normalized spacial score (nSPS) is 11.0. The van der Waals surface area contributed by atoms with Crippen molar-refractivity contribution in [1.82, 2.24) is 0 Å². The zero-order valence-electron chi connectivity index (χ0n) is 14.5. The third-order valence-electron chi connectivity index (χ3n) is 3.96. The van der Waals surface area contributed by atoms with E-state index in [0.717, 1.165) is 35.1 Å². The molecule has 0 amide bonds. The largest absolute Gasteiger partial charge is 0.288 e. The lowest BCUT2D eigenvalue weighted by molar-refractivity contribution is -0.113. The molecule has 0 fully saturated rings. The number of hydrogen-bond acceptors (Lipinski definition) is 3. The second-order valence-electron chi connectivity index (χ2n) is 5.80. The third kappa shape index (κ3) is 4.25. The minimum Gasteiger partial charge on any atom is -0.288 e. The molecule has 0 saturated heterocycles. The summed E-state index contributed by atoms with van der Waals surface area (Å²) in [5, 5.41) is 0. The van der Waals surface area contributed by atoms with Crippen molar-refractivity contribution in [2.24, 2.45) is 4.99 Å². The number of aliphatic imine (C=N–C) groups is 1. The van der Waals surface area contributed by atoms with Crippen molar-refractivity contribution < 1.29 is 9.59 Å². The Kier molecular flexibility index (Phi) is 6.19. The molecule has 0 bridgehead atoms. The number of aryl methyl sites for hydroxylation is 3. The molecule has 0 radical (unpaired) electrons. The van der Waals surface area contributed by atoms with Crippen LogP contribution in [-0.2, 0) is 17.6 Å². The molecule has 0 unspecified atom stereocenters. The van der Waals surface area contributed by atoms with Crippen molar-refractivity contribution in [3.05, 3.63) is 70.3 Å². The van der Waals surface area contributed by atoms with Crippen molar-refractivity contribution in [3.8, 4) is 0 Å². The highest BCUT2D eigenvalue weighted by Crippen LogP contribution is 2.20. The average Bonchev–Trinajstić information content (AvgIpc) is 2.61. The van der Waals surface area contributed by atoms with Crippen LogP contribution in [0.15, 0.2) is 47.5 Å². The molecule has 0 aliphatic heterocycles. The van der Waals surface area contributed by atoms with Crippen LogP contribution < -0.4 is 0 Å². The molecule has 0 aliphatic carbocycles. The van der Waals surface area contributed by atoms with Gasteiger partial charge in [0.15, 0.2) is 0 Å². The summed E-state index contributed by atoms with van der Waals surface area (Å²) in [7, 11) is 0. The van der Waals surface area contributed by atoms with Crippen LogP contribution in [0.25, 0.3) is 0 Å². The van der Waals surface area contributed by atoms with Crippen LogP contribution in [0.3, 0.4) is 0 Å². The highest BCUT2D eigenvalue weighted by atomic mass is 16.2. The predicted octanol–water partition coefficient (Wildman–Crippen LogP) is 3.99. The Morgan fingerprint density at radius 2 is 1.58 bits per heavy atom. The van der Waals surface area contributed by atoms with Crippen LogP contribution in [-0.4, -0.2) is 24.3 Å². The lowest BCUT2D eigenvalue weighted by Gasteiger charge is -2.12. The van der Waals surface area contributed by atoms with Crippen LogP contribution in [0.5, 0.6) is 0 Å². The molecular weight excluding hydrogens is 298 g/mol. The smallest absolute Gasteiger partial charge is 0.231 e. The highest BCUT2D eigenvalue weighted by molar-refractivity contribution is 6.45. The minimum atomic E-state index is -0.463. The summed E-state index contributed by atoms with van der Waals surface area (Å²) in [5.74, 6) is -0.885. The Morgan fingerprint density at radius 1 is 1.00 bits per heavy atom. The van der Waals surface area contributed by atoms with E-state index in [1.165, 1.54) is 0 Å². The highest BCUT2D eigenvalue weighted by Gasteiger charge is 2.21. The van der Waals surface area contributed by atoms with Crippen molar-refractivity contribution in [1.29, 1.82) is 0 Å². The number of ketones is 2. The van der Waals surface area contributed by atoms with Gasteiger partial charge >= 0.3 is 0 Å². The van der Waals surface area contributed by atoms with E-state index in [1.807, 2.05) is 63.2 Å². The van der Waals surface area contributed by atoms with E-state index in [-0.39, 0.29) is 6.54 Å². The summed E-state index contributed by atoms with van der Waals surface area (Å²) in [5.41, 5.74) is 4.49. The molecule has 0 saturated carbocycles. The summed E-state index contributed by atoms with van der Waals surface area (Å²) in [6, 6.07) is 13.5. The third-order valence-corrected chi connectivity index (χ3v) is 3.96. The van der Waals surface area contributed by atoms with E-state index >= 15 is 0 Å². The summed E-state index contributed by atoms with van der Waals surface area (Å²) >= 11 is 0.